The second-order valence-electron chi connectivity index (χ2n) is 1.88. The third-order valence-electron chi connectivity index (χ3n) is 1.16. The van der Waals surface area contributed by atoms with E-state index >= 15 is 0 Å². The first-order chi connectivity index (χ1) is 4.30. The van der Waals surface area contributed by atoms with E-state index in [1.165, 1.54) is 5.56 Å². The summed E-state index contributed by atoms with van der Waals surface area (Å²) in [5, 5.41) is 0. The summed E-state index contributed by atoms with van der Waals surface area (Å²) in [4.78, 5) is 0. The molecule has 0 aliphatic heterocycles. The van der Waals surface area contributed by atoms with Crippen LogP contribution in [0.2, 0.25) is 0 Å². The minimum absolute atomic E-state index is 0. The summed E-state index contributed by atoms with van der Waals surface area (Å²) >= 11 is 6.98. The van der Waals surface area contributed by atoms with E-state index in [-0.39, 0.29) is 21.0 Å². The van der Waals surface area contributed by atoms with Crippen LogP contribution in [0.15, 0.2) is 30.3 Å². The predicted molar refractivity (Wildman–Crippen MR) is 45.4 cm³/mol. The van der Waals surface area contributed by atoms with Crippen LogP contribution in [0.5, 0.6) is 0 Å². The van der Waals surface area contributed by atoms with E-state index in [1.807, 2.05) is 18.2 Å². The molecule has 1 atom stereocenters. The molecule has 10 heavy (non-hydrogen) atoms. The normalized spacial score (nSPS) is 11.9. The third-order valence-corrected chi connectivity index (χ3v) is 2.40. The second-order valence-corrected chi connectivity index (χ2v) is 5.20. The fourth-order valence-electron chi connectivity index (χ4n) is 0.662. The Hall–Kier alpha value is 0.613. The van der Waals surface area contributed by atoms with Gasteiger partial charge in [0.2, 0.25) is 0 Å². The van der Waals surface area contributed by atoms with Crippen LogP contribution in [-0.4, -0.2) is 0 Å². The zero-order valence-corrected chi connectivity index (χ0v) is 10.9. The third kappa shape index (κ3) is 3.14. The monoisotopic (exact) mass is 269 g/mol. The first-order valence-corrected chi connectivity index (χ1v) is 4.98. The molecule has 0 aromatic heterocycles. The number of hydrogen-bond donors (Lipinski definition) is 0. The van der Waals surface area contributed by atoms with Crippen molar-refractivity contribution in [2.75, 3.05) is 0 Å². The van der Waals surface area contributed by atoms with Crippen LogP contribution in [0.3, 0.4) is 0 Å². The molecular weight excluding hydrogens is 265 g/mol. The van der Waals surface area contributed by atoms with Gasteiger partial charge in [-0.2, -0.15) is 0 Å². The van der Waals surface area contributed by atoms with E-state index in [0.29, 0.717) is 0 Å². The Morgan fingerprint density at radius 2 is 1.70 bits per heavy atom. The molecule has 0 heterocycles. The van der Waals surface area contributed by atoms with Gasteiger partial charge in [0.15, 0.2) is 0 Å². The molecule has 1 aromatic carbocycles. The molecule has 0 radical (unpaired) electrons. The molecule has 0 fully saturated rings. The standard InChI is InChI=1S/C7H6Cl.BrH.Zn/c8-6-7-4-2-1-3-5-7;;/h1-6H;1H;. The number of benzene rings is 1. The number of rotatable bonds is 1. The molecule has 0 nitrogen and oxygen atoms in total. The van der Waals surface area contributed by atoms with Gasteiger partial charge in [-0.3, -0.25) is 0 Å². The molecule has 0 bridgehead atoms. The van der Waals surface area contributed by atoms with Crippen molar-refractivity contribution in [3.05, 3.63) is 35.9 Å². The Morgan fingerprint density at radius 3 is 2.00 bits per heavy atom. The van der Waals surface area contributed by atoms with Crippen molar-refractivity contribution >= 4 is 28.6 Å². The molecule has 0 saturated carbocycles. The summed E-state index contributed by atoms with van der Waals surface area (Å²) in [5.74, 6) is 0. The minimum atomic E-state index is 0. The molecule has 3 heteroatoms. The average Bonchev–Trinajstić information content (AvgIpc) is 1.90. The Labute approximate surface area is 86.4 Å². The van der Waals surface area contributed by atoms with Crippen LogP contribution >= 0.6 is 28.6 Å². The summed E-state index contributed by atoms with van der Waals surface area (Å²) in [5.41, 5.74) is 1.24. The van der Waals surface area contributed by atoms with Gasteiger partial charge in [-0.05, 0) is 0 Å². The van der Waals surface area contributed by atoms with E-state index in [9.17, 15) is 0 Å². The van der Waals surface area contributed by atoms with Crippen LogP contribution in [-0.2, 0) is 18.3 Å². The summed E-state index contributed by atoms with van der Waals surface area (Å²) < 4.78 is 0.256. The molecule has 0 aliphatic rings. The molecule has 0 aliphatic carbocycles. The van der Waals surface area contributed by atoms with Crippen molar-refractivity contribution in [2.24, 2.45) is 0 Å². The Bertz CT molecular complexity index is 176. The SMILES string of the molecule is Br.Cl[CH]([Zn])c1ccccc1. The number of halogens is 2. The second kappa shape index (κ2) is 5.29. The van der Waals surface area contributed by atoms with E-state index < -0.39 is 0 Å². The average molecular weight is 272 g/mol. The Balaban J connectivity index is 0.000000810. The van der Waals surface area contributed by atoms with Crippen molar-refractivity contribution in [1.82, 2.24) is 0 Å². The molecule has 0 saturated heterocycles. The molecule has 0 amide bonds. The van der Waals surface area contributed by atoms with Crippen molar-refractivity contribution in [1.29, 1.82) is 0 Å². The number of alkyl halides is 1. The van der Waals surface area contributed by atoms with Gasteiger partial charge in [-0.25, -0.2) is 0 Å². The van der Waals surface area contributed by atoms with Gasteiger partial charge in [-0.15, -0.1) is 17.0 Å². The zero-order valence-electron chi connectivity index (χ0n) is 5.46. The van der Waals surface area contributed by atoms with Gasteiger partial charge >= 0.3 is 69.8 Å². The van der Waals surface area contributed by atoms with Crippen molar-refractivity contribution < 1.29 is 18.3 Å². The molecule has 51 valence electrons. The van der Waals surface area contributed by atoms with Gasteiger partial charge < -0.3 is 0 Å². The summed E-state index contributed by atoms with van der Waals surface area (Å²) in [7, 11) is 0. The van der Waals surface area contributed by atoms with Crippen LogP contribution in [0.4, 0.5) is 0 Å². The van der Waals surface area contributed by atoms with Crippen LogP contribution < -0.4 is 0 Å². The summed E-state index contributed by atoms with van der Waals surface area (Å²) in [6, 6.07) is 10.1. The van der Waals surface area contributed by atoms with E-state index in [0.717, 1.165) is 18.3 Å². The van der Waals surface area contributed by atoms with E-state index in [4.69, 9.17) is 11.6 Å². The van der Waals surface area contributed by atoms with Gasteiger partial charge in [0, 0.05) is 0 Å². The molecule has 1 rings (SSSR count). The molecule has 0 N–H and O–H groups in total. The van der Waals surface area contributed by atoms with E-state index in [1.54, 1.807) is 0 Å². The summed E-state index contributed by atoms with van der Waals surface area (Å²) in [6.45, 7) is 0. The molecule has 1 unspecified atom stereocenters. The first kappa shape index (κ1) is 10.6. The van der Waals surface area contributed by atoms with Gasteiger partial charge in [0.05, 0.1) is 0 Å². The Morgan fingerprint density at radius 1 is 1.20 bits per heavy atom. The van der Waals surface area contributed by atoms with Crippen LogP contribution in [0.1, 0.15) is 9.53 Å². The quantitative estimate of drug-likeness (QED) is 0.544. The van der Waals surface area contributed by atoms with Gasteiger partial charge in [0.1, 0.15) is 0 Å². The van der Waals surface area contributed by atoms with Crippen LogP contribution in [0.25, 0.3) is 0 Å². The fraction of sp³-hybridized carbons (Fsp3) is 0.143. The summed E-state index contributed by atoms with van der Waals surface area (Å²) in [6.07, 6.45) is 0. The molecule has 1 aromatic rings. The molecule has 0 spiro atoms. The van der Waals surface area contributed by atoms with E-state index in [2.05, 4.69) is 12.1 Å². The predicted octanol–water partition coefficient (Wildman–Crippen LogP) is 3.05. The zero-order chi connectivity index (χ0) is 6.69. The van der Waals surface area contributed by atoms with Crippen LogP contribution in [0, 0.1) is 0 Å². The van der Waals surface area contributed by atoms with Gasteiger partial charge in [-0.1, -0.05) is 0 Å². The topological polar surface area (TPSA) is 0 Å². The molecular formula is C7H7BrClZn. The van der Waals surface area contributed by atoms with Crippen molar-refractivity contribution in [3.8, 4) is 0 Å². The van der Waals surface area contributed by atoms with Crippen molar-refractivity contribution in [3.63, 3.8) is 0 Å². The number of hydrogen-bond acceptors (Lipinski definition) is 0. The van der Waals surface area contributed by atoms with Crippen molar-refractivity contribution in [2.45, 2.75) is 3.97 Å². The fourth-order valence-corrected chi connectivity index (χ4v) is 1.38. The first-order valence-electron chi connectivity index (χ1n) is 2.83. The maximum absolute atomic E-state index is 5.86. The van der Waals surface area contributed by atoms with Gasteiger partial charge in [0.25, 0.3) is 0 Å². The Kier molecular flexibility index (Phi) is 5.61. The maximum atomic E-state index is 5.86.